The lowest BCUT2D eigenvalue weighted by molar-refractivity contribution is 0.533. The van der Waals surface area contributed by atoms with Crippen molar-refractivity contribution in [3.63, 3.8) is 0 Å². The highest BCUT2D eigenvalue weighted by molar-refractivity contribution is 5.49. The number of aryl methyl sites for hydroxylation is 4. The summed E-state index contributed by atoms with van der Waals surface area (Å²) < 4.78 is 0. The monoisotopic (exact) mass is 616 g/mol. The van der Waals surface area contributed by atoms with E-state index >= 15 is 0 Å². The summed E-state index contributed by atoms with van der Waals surface area (Å²) in [6, 6.07) is 31.2. The van der Waals surface area contributed by atoms with Gasteiger partial charge in [-0.15, -0.1) is 0 Å². The van der Waals surface area contributed by atoms with Crippen LogP contribution in [0.1, 0.15) is 134 Å². The first-order chi connectivity index (χ1) is 22.5. The van der Waals surface area contributed by atoms with E-state index in [0.29, 0.717) is 0 Å². The summed E-state index contributed by atoms with van der Waals surface area (Å²) in [5.74, 6) is 0. The maximum absolute atomic E-state index is 5.96. The Hall–Kier alpha value is -3.52. The number of hydrogen-bond donors (Lipinski definition) is 2. The van der Waals surface area contributed by atoms with Gasteiger partial charge >= 0.3 is 0 Å². The third-order valence-corrected chi connectivity index (χ3v) is 9.71. The zero-order valence-corrected chi connectivity index (χ0v) is 29.0. The Bertz CT molecular complexity index is 1310. The van der Waals surface area contributed by atoms with Crippen molar-refractivity contribution >= 4 is 11.4 Å². The molecule has 0 spiro atoms. The van der Waals surface area contributed by atoms with Gasteiger partial charge in [0.15, 0.2) is 0 Å². The third kappa shape index (κ3) is 13.1. The lowest BCUT2D eigenvalue weighted by Crippen LogP contribution is -1.94. The van der Waals surface area contributed by atoms with Crippen LogP contribution in [0.3, 0.4) is 0 Å². The first kappa shape index (κ1) is 35.3. The molecule has 0 aromatic heterocycles. The van der Waals surface area contributed by atoms with Crippen LogP contribution in [0.5, 0.6) is 0 Å². The van der Waals surface area contributed by atoms with Gasteiger partial charge in [-0.2, -0.15) is 0 Å². The van der Waals surface area contributed by atoms with Crippen molar-refractivity contribution < 1.29 is 0 Å². The van der Waals surface area contributed by atoms with Gasteiger partial charge in [0.25, 0.3) is 0 Å². The number of nitrogen functional groups attached to an aromatic ring is 2. The molecule has 0 aliphatic carbocycles. The van der Waals surface area contributed by atoms with Crippen LogP contribution in [0.2, 0.25) is 0 Å². The average Bonchev–Trinajstić information content (AvgIpc) is 3.06. The normalized spacial score (nSPS) is 11.3. The van der Waals surface area contributed by atoms with E-state index in [2.05, 4.69) is 86.6 Å². The van der Waals surface area contributed by atoms with Crippen LogP contribution in [0.4, 0.5) is 11.4 Å². The van der Waals surface area contributed by atoms with Crippen LogP contribution >= 0.6 is 0 Å². The minimum Gasteiger partial charge on any atom is -0.399 e. The van der Waals surface area contributed by atoms with Crippen LogP contribution in [0.15, 0.2) is 84.9 Å². The summed E-state index contributed by atoms with van der Waals surface area (Å²) in [6.45, 7) is 4.17. The topological polar surface area (TPSA) is 52.0 Å². The summed E-state index contributed by atoms with van der Waals surface area (Å²) in [7, 11) is 0. The van der Waals surface area contributed by atoms with Gasteiger partial charge in [0, 0.05) is 11.4 Å². The molecule has 0 unspecified atom stereocenters. The van der Waals surface area contributed by atoms with Gasteiger partial charge in [-0.1, -0.05) is 150 Å². The van der Waals surface area contributed by atoms with Crippen LogP contribution in [-0.2, 0) is 25.7 Å². The zero-order valence-electron chi connectivity index (χ0n) is 29.0. The molecule has 4 rings (SSSR count). The lowest BCUT2D eigenvalue weighted by atomic mass is 9.99. The molecular formula is C44H60N2. The number of nitrogens with two attached hydrogens (primary N) is 2. The fourth-order valence-corrected chi connectivity index (χ4v) is 6.59. The Kier molecular flexibility index (Phi) is 15.3. The standard InChI is InChI=1S/C44H60N2/c1-35-31-41(27-29-43(35)45)33-39-23-19-37(20-24-39)17-15-13-11-9-7-5-3-4-6-8-10-12-14-16-18-38-21-25-40(26-22-38)34-42-28-30-44(46)36(2)32-42/h19-32H,3-18,33-34,45-46H2,1-2H3. The number of unbranched alkanes of at least 4 members (excludes halogenated alkanes) is 13. The molecule has 4 N–H and O–H groups in total. The van der Waals surface area contributed by atoms with Crippen molar-refractivity contribution in [1.82, 2.24) is 0 Å². The number of rotatable bonds is 21. The number of benzene rings is 4. The Morgan fingerprint density at radius 2 is 0.587 bits per heavy atom. The SMILES string of the molecule is Cc1cc(Cc2ccc(CCCCCCCCCCCCCCCCc3ccc(Cc4ccc(N)c(C)c4)cc3)cc2)ccc1N. The molecule has 0 fully saturated rings. The van der Waals surface area contributed by atoms with E-state index in [1.807, 2.05) is 12.1 Å². The first-order valence-corrected chi connectivity index (χ1v) is 18.3. The van der Waals surface area contributed by atoms with E-state index in [1.54, 1.807) is 0 Å². The Morgan fingerprint density at radius 1 is 0.326 bits per heavy atom. The summed E-state index contributed by atoms with van der Waals surface area (Å²) in [6.07, 6.45) is 23.9. The van der Waals surface area contributed by atoms with Crippen molar-refractivity contribution in [1.29, 1.82) is 0 Å². The van der Waals surface area contributed by atoms with Crippen molar-refractivity contribution in [2.45, 2.75) is 129 Å². The highest BCUT2D eigenvalue weighted by atomic mass is 14.6. The average molecular weight is 617 g/mol. The zero-order chi connectivity index (χ0) is 32.4. The smallest absolute Gasteiger partial charge is 0.0343 e. The maximum Gasteiger partial charge on any atom is 0.0343 e. The number of anilines is 2. The third-order valence-electron chi connectivity index (χ3n) is 9.71. The van der Waals surface area contributed by atoms with Gasteiger partial charge in [0.1, 0.15) is 0 Å². The molecule has 4 aromatic rings. The Balaban J connectivity index is 0.913. The molecule has 0 saturated carbocycles. The summed E-state index contributed by atoms with van der Waals surface area (Å²) >= 11 is 0. The molecule has 4 aromatic carbocycles. The minimum atomic E-state index is 0.878. The van der Waals surface area contributed by atoms with E-state index in [9.17, 15) is 0 Å². The van der Waals surface area contributed by atoms with Crippen molar-refractivity contribution in [3.05, 3.63) is 129 Å². The van der Waals surface area contributed by atoms with Crippen LogP contribution in [-0.4, -0.2) is 0 Å². The largest absolute Gasteiger partial charge is 0.399 e. The molecule has 0 bridgehead atoms. The molecule has 0 heterocycles. The molecule has 0 aliphatic heterocycles. The van der Waals surface area contributed by atoms with Gasteiger partial charge < -0.3 is 11.5 Å². The highest BCUT2D eigenvalue weighted by Gasteiger charge is 2.03. The molecule has 2 heteroatoms. The highest BCUT2D eigenvalue weighted by Crippen LogP contribution is 2.20. The quantitative estimate of drug-likeness (QED) is 0.0723. The predicted octanol–water partition coefficient (Wildman–Crippen LogP) is 11.9. The fourth-order valence-electron chi connectivity index (χ4n) is 6.59. The molecule has 0 atom stereocenters. The van der Waals surface area contributed by atoms with E-state index in [1.165, 1.54) is 147 Å². The Labute approximate surface area is 281 Å². The molecule has 2 nitrogen and oxygen atoms in total. The van der Waals surface area contributed by atoms with Crippen LogP contribution in [0.25, 0.3) is 0 Å². The second-order valence-electron chi connectivity index (χ2n) is 13.8. The fraction of sp³-hybridized carbons (Fsp3) is 0.455. The molecule has 246 valence electrons. The summed E-state index contributed by atoms with van der Waals surface area (Å²) in [5.41, 5.74) is 24.4. The van der Waals surface area contributed by atoms with E-state index in [4.69, 9.17) is 11.5 Å². The summed E-state index contributed by atoms with van der Waals surface area (Å²) in [4.78, 5) is 0. The molecule has 0 saturated heterocycles. The number of hydrogen-bond acceptors (Lipinski definition) is 2. The molecule has 0 radical (unpaired) electrons. The second kappa shape index (κ2) is 19.9. The van der Waals surface area contributed by atoms with Crippen molar-refractivity contribution in [3.8, 4) is 0 Å². The van der Waals surface area contributed by atoms with Gasteiger partial charge in [0.05, 0.1) is 0 Å². The predicted molar refractivity (Wildman–Crippen MR) is 202 cm³/mol. The minimum absolute atomic E-state index is 0.878. The van der Waals surface area contributed by atoms with E-state index in [-0.39, 0.29) is 0 Å². The molecule has 0 amide bonds. The molecular weight excluding hydrogens is 556 g/mol. The Morgan fingerprint density at radius 3 is 0.891 bits per heavy atom. The first-order valence-electron chi connectivity index (χ1n) is 18.3. The van der Waals surface area contributed by atoms with E-state index in [0.717, 1.165) is 24.2 Å². The maximum atomic E-state index is 5.96. The lowest BCUT2D eigenvalue weighted by Gasteiger charge is -2.07. The van der Waals surface area contributed by atoms with Gasteiger partial charge in [-0.05, 0) is 109 Å². The van der Waals surface area contributed by atoms with Gasteiger partial charge in [-0.25, -0.2) is 0 Å². The second-order valence-corrected chi connectivity index (χ2v) is 13.8. The van der Waals surface area contributed by atoms with E-state index < -0.39 is 0 Å². The van der Waals surface area contributed by atoms with Crippen LogP contribution in [0, 0.1) is 13.8 Å². The van der Waals surface area contributed by atoms with Crippen LogP contribution < -0.4 is 11.5 Å². The summed E-state index contributed by atoms with van der Waals surface area (Å²) in [5, 5.41) is 0. The van der Waals surface area contributed by atoms with Crippen molar-refractivity contribution in [2.24, 2.45) is 0 Å². The molecule has 0 aliphatic rings. The van der Waals surface area contributed by atoms with Gasteiger partial charge in [-0.3, -0.25) is 0 Å². The molecule has 46 heavy (non-hydrogen) atoms. The van der Waals surface area contributed by atoms with Crippen molar-refractivity contribution in [2.75, 3.05) is 11.5 Å². The van der Waals surface area contributed by atoms with Gasteiger partial charge in [0.2, 0.25) is 0 Å².